The van der Waals surface area contributed by atoms with Crippen LogP contribution < -0.4 is 10.2 Å². The minimum Gasteiger partial charge on any atom is -0.504 e. The second kappa shape index (κ2) is 7.65. The van der Waals surface area contributed by atoms with Gasteiger partial charge in [0.15, 0.2) is 11.5 Å². The van der Waals surface area contributed by atoms with E-state index in [0.717, 1.165) is 5.56 Å². The number of halogens is 1. The van der Waals surface area contributed by atoms with Crippen LogP contribution >= 0.6 is 11.6 Å². The van der Waals surface area contributed by atoms with Crippen LogP contribution in [-0.4, -0.2) is 23.8 Å². The number of benzene rings is 2. The summed E-state index contributed by atoms with van der Waals surface area (Å²) in [6.07, 6.45) is 1.46. The zero-order chi connectivity index (χ0) is 16.8. The summed E-state index contributed by atoms with van der Waals surface area (Å²) in [5, 5.41) is 13.9. The molecule has 0 heterocycles. The van der Waals surface area contributed by atoms with Gasteiger partial charge >= 0.3 is 0 Å². The summed E-state index contributed by atoms with van der Waals surface area (Å²) in [4.78, 5) is 12.0. The first-order chi connectivity index (χ1) is 11.0. The van der Waals surface area contributed by atoms with Crippen LogP contribution in [0.4, 0.5) is 0 Å². The Balaban J connectivity index is 2.06. The van der Waals surface area contributed by atoms with Gasteiger partial charge in [0.25, 0.3) is 5.91 Å². The number of rotatable bonds is 5. The van der Waals surface area contributed by atoms with Gasteiger partial charge in [0.1, 0.15) is 0 Å². The number of carbonyl (C=O) groups is 1. The lowest BCUT2D eigenvalue weighted by Gasteiger charge is -2.06. The summed E-state index contributed by atoms with van der Waals surface area (Å²) in [7, 11) is 0. The lowest BCUT2D eigenvalue weighted by Crippen LogP contribution is -2.18. The fraction of sp³-hybridized carbons (Fsp3) is 0.176. The fourth-order valence-corrected chi connectivity index (χ4v) is 2.23. The molecule has 0 aliphatic carbocycles. The number of ether oxygens (including phenoxy) is 1. The van der Waals surface area contributed by atoms with Crippen LogP contribution in [0.3, 0.4) is 0 Å². The zero-order valence-electron chi connectivity index (χ0n) is 12.8. The van der Waals surface area contributed by atoms with E-state index in [9.17, 15) is 9.90 Å². The van der Waals surface area contributed by atoms with Crippen molar-refractivity contribution >= 4 is 23.7 Å². The monoisotopic (exact) mass is 332 g/mol. The first-order valence-electron chi connectivity index (χ1n) is 7.06. The minimum absolute atomic E-state index is 0.0551. The molecule has 0 saturated heterocycles. The molecule has 0 unspecified atom stereocenters. The van der Waals surface area contributed by atoms with Crippen LogP contribution in [0, 0.1) is 6.92 Å². The number of carbonyl (C=O) groups excluding carboxylic acids is 1. The maximum atomic E-state index is 12.0. The minimum atomic E-state index is -0.393. The summed E-state index contributed by atoms with van der Waals surface area (Å²) >= 11 is 6.04. The van der Waals surface area contributed by atoms with Crippen LogP contribution in [-0.2, 0) is 0 Å². The van der Waals surface area contributed by atoms with Gasteiger partial charge in [0.2, 0.25) is 0 Å². The van der Waals surface area contributed by atoms with E-state index in [1.54, 1.807) is 30.3 Å². The summed E-state index contributed by atoms with van der Waals surface area (Å²) < 4.78 is 5.28. The van der Waals surface area contributed by atoms with Crippen LogP contribution in [0.1, 0.15) is 28.4 Å². The Bertz CT molecular complexity index is 745. The maximum absolute atomic E-state index is 12.0. The Morgan fingerprint density at radius 3 is 2.83 bits per heavy atom. The normalized spacial score (nSPS) is 10.7. The Morgan fingerprint density at radius 2 is 2.13 bits per heavy atom. The van der Waals surface area contributed by atoms with E-state index in [-0.39, 0.29) is 5.75 Å². The van der Waals surface area contributed by atoms with Crippen LogP contribution in [0.5, 0.6) is 11.5 Å². The highest BCUT2D eigenvalue weighted by Crippen LogP contribution is 2.26. The van der Waals surface area contributed by atoms with Gasteiger partial charge in [-0.2, -0.15) is 5.10 Å². The van der Waals surface area contributed by atoms with Crippen molar-refractivity contribution in [3.63, 3.8) is 0 Å². The first kappa shape index (κ1) is 16.8. The molecule has 23 heavy (non-hydrogen) atoms. The Morgan fingerprint density at radius 1 is 1.35 bits per heavy atom. The summed E-state index contributed by atoms with van der Waals surface area (Å²) in [6, 6.07) is 9.97. The van der Waals surface area contributed by atoms with Crippen molar-refractivity contribution in [1.29, 1.82) is 0 Å². The number of amides is 1. The lowest BCUT2D eigenvalue weighted by atomic mass is 10.1. The van der Waals surface area contributed by atoms with Gasteiger partial charge in [-0.15, -0.1) is 0 Å². The molecule has 2 aromatic rings. The van der Waals surface area contributed by atoms with Crippen molar-refractivity contribution in [3.8, 4) is 11.5 Å². The number of hydrogen-bond acceptors (Lipinski definition) is 4. The van der Waals surface area contributed by atoms with Crippen molar-refractivity contribution in [3.05, 3.63) is 58.1 Å². The predicted octanol–water partition coefficient (Wildman–Crippen LogP) is 3.52. The number of hydrogen-bond donors (Lipinski definition) is 2. The van der Waals surface area contributed by atoms with Gasteiger partial charge in [-0.1, -0.05) is 17.7 Å². The smallest absolute Gasteiger partial charge is 0.272 e. The number of aromatic hydroxyl groups is 1. The molecule has 0 bridgehead atoms. The Kier molecular flexibility index (Phi) is 5.60. The number of nitrogens with zero attached hydrogens (tertiary/aromatic N) is 1. The molecule has 2 N–H and O–H groups in total. The van der Waals surface area contributed by atoms with Gasteiger partial charge < -0.3 is 9.84 Å². The zero-order valence-corrected chi connectivity index (χ0v) is 13.6. The molecule has 0 fully saturated rings. The third-order valence-corrected chi connectivity index (χ3v) is 3.35. The van der Waals surface area contributed by atoms with Crippen molar-refractivity contribution in [2.24, 2.45) is 5.10 Å². The molecule has 0 aliphatic rings. The molecule has 0 radical (unpaired) electrons. The molecular weight excluding hydrogens is 316 g/mol. The van der Waals surface area contributed by atoms with Crippen LogP contribution in [0.15, 0.2) is 41.5 Å². The molecule has 0 aromatic heterocycles. The largest absolute Gasteiger partial charge is 0.504 e. The second-order valence-electron chi connectivity index (χ2n) is 4.84. The van der Waals surface area contributed by atoms with E-state index in [0.29, 0.717) is 28.5 Å². The standard InChI is InChI=1S/C17H17ClN2O3/c1-3-23-16-9-12(5-7-15(16)21)10-19-20-17(22)13-6-4-11(2)8-14(13)18/h4-10,21H,3H2,1-2H3,(H,20,22)/b19-10-. The molecule has 1 amide bonds. The van der Waals surface area contributed by atoms with E-state index < -0.39 is 5.91 Å². The average Bonchev–Trinajstić information content (AvgIpc) is 2.50. The third kappa shape index (κ3) is 4.47. The third-order valence-electron chi connectivity index (χ3n) is 3.03. The number of phenols is 1. The maximum Gasteiger partial charge on any atom is 0.272 e. The Hall–Kier alpha value is -2.53. The van der Waals surface area contributed by atoms with Crippen molar-refractivity contribution in [2.45, 2.75) is 13.8 Å². The lowest BCUT2D eigenvalue weighted by molar-refractivity contribution is 0.0955. The van der Waals surface area contributed by atoms with Gasteiger partial charge in [0, 0.05) is 0 Å². The predicted molar refractivity (Wildman–Crippen MR) is 90.5 cm³/mol. The number of hydrazone groups is 1. The fourth-order valence-electron chi connectivity index (χ4n) is 1.91. The van der Waals surface area contributed by atoms with Crippen molar-refractivity contribution < 1.29 is 14.6 Å². The quantitative estimate of drug-likeness (QED) is 0.650. The number of phenolic OH excluding ortho intramolecular Hbond substituents is 1. The van der Waals surface area contributed by atoms with Gasteiger partial charge in [-0.3, -0.25) is 4.79 Å². The summed E-state index contributed by atoms with van der Waals surface area (Å²) in [6.45, 7) is 4.16. The molecule has 0 aliphatic heterocycles. The highest BCUT2D eigenvalue weighted by atomic mass is 35.5. The van der Waals surface area contributed by atoms with E-state index in [4.69, 9.17) is 16.3 Å². The first-order valence-corrected chi connectivity index (χ1v) is 7.44. The highest BCUT2D eigenvalue weighted by Gasteiger charge is 2.09. The van der Waals surface area contributed by atoms with Gasteiger partial charge in [-0.05, 0) is 55.3 Å². The SMILES string of the molecule is CCOc1cc(/C=N\NC(=O)c2ccc(C)cc2Cl)ccc1O. The van der Waals surface area contributed by atoms with Crippen LogP contribution in [0.25, 0.3) is 0 Å². The molecule has 2 rings (SSSR count). The van der Waals surface area contributed by atoms with Crippen LogP contribution in [0.2, 0.25) is 5.02 Å². The molecule has 5 nitrogen and oxygen atoms in total. The molecule has 2 aromatic carbocycles. The average molecular weight is 333 g/mol. The molecule has 0 spiro atoms. The Labute approximate surface area is 139 Å². The molecule has 120 valence electrons. The van der Waals surface area contributed by atoms with E-state index >= 15 is 0 Å². The van der Waals surface area contributed by atoms with E-state index in [1.807, 2.05) is 13.8 Å². The molecular formula is C17H17ClN2O3. The highest BCUT2D eigenvalue weighted by molar-refractivity contribution is 6.33. The van der Waals surface area contributed by atoms with E-state index in [1.165, 1.54) is 12.3 Å². The van der Waals surface area contributed by atoms with Crippen molar-refractivity contribution in [2.75, 3.05) is 6.61 Å². The number of aryl methyl sites for hydroxylation is 1. The number of nitrogens with one attached hydrogen (secondary N) is 1. The van der Waals surface area contributed by atoms with Crippen molar-refractivity contribution in [1.82, 2.24) is 5.43 Å². The topological polar surface area (TPSA) is 70.9 Å². The molecule has 0 saturated carbocycles. The molecule has 0 atom stereocenters. The van der Waals surface area contributed by atoms with Gasteiger partial charge in [0.05, 0.1) is 23.4 Å². The summed E-state index contributed by atoms with van der Waals surface area (Å²) in [5.74, 6) is 0.0267. The second-order valence-corrected chi connectivity index (χ2v) is 5.25. The molecule has 6 heteroatoms. The van der Waals surface area contributed by atoms with Gasteiger partial charge in [-0.25, -0.2) is 5.43 Å². The summed E-state index contributed by atoms with van der Waals surface area (Å²) in [5.41, 5.74) is 4.43. The van der Waals surface area contributed by atoms with E-state index in [2.05, 4.69) is 10.5 Å².